The number of fused-ring (bicyclic) bond motifs is 1. The molecule has 0 bridgehead atoms. The Labute approximate surface area is 175 Å². The molecular weight excluding hydrogens is 390 g/mol. The lowest BCUT2D eigenvalue weighted by Gasteiger charge is -2.18. The van der Waals surface area contributed by atoms with Crippen LogP contribution in [0.3, 0.4) is 0 Å². The van der Waals surface area contributed by atoms with Crippen molar-refractivity contribution in [3.63, 3.8) is 0 Å². The Morgan fingerprint density at radius 3 is 2.61 bits per heavy atom. The van der Waals surface area contributed by atoms with E-state index in [1.807, 2.05) is 73.7 Å². The molecule has 3 nitrogen and oxygen atoms in total. The summed E-state index contributed by atoms with van der Waals surface area (Å²) in [5, 5.41) is 5.87. The van der Waals surface area contributed by atoms with Crippen LogP contribution in [0.1, 0.15) is 18.9 Å². The molecule has 0 heterocycles. The van der Waals surface area contributed by atoms with Crippen LogP contribution in [0, 0.1) is 0 Å². The Morgan fingerprint density at radius 1 is 1.07 bits per heavy atom. The molecule has 1 amide bonds. The fourth-order valence-corrected chi connectivity index (χ4v) is 3.85. The fraction of sp³-hybridized carbons (Fsp3) is 0.261. The maximum absolute atomic E-state index is 12.5. The lowest BCUT2D eigenvalue weighted by Crippen LogP contribution is -2.39. The van der Waals surface area contributed by atoms with Gasteiger partial charge in [-0.05, 0) is 35.6 Å². The molecule has 5 heteroatoms. The molecule has 146 valence electrons. The smallest absolute Gasteiger partial charge is 0.261 e. The van der Waals surface area contributed by atoms with Crippen LogP contribution >= 0.6 is 23.4 Å². The summed E-state index contributed by atoms with van der Waals surface area (Å²) in [5.41, 5.74) is 1.23. The van der Waals surface area contributed by atoms with E-state index in [9.17, 15) is 4.79 Å². The first-order valence-corrected chi connectivity index (χ1v) is 10.9. The van der Waals surface area contributed by atoms with Crippen LogP contribution < -0.4 is 10.1 Å². The number of ether oxygens (including phenoxy) is 1. The standard InChI is InChI=1S/C23H24ClNO2S/c1-2-21(27-22-9-5-7-18-6-3-4-8-20(18)22)23(26)25-14-15-28-16-17-10-12-19(24)13-11-17/h3-13,21H,2,14-16H2,1H3,(H,25,26)/t21-/m0/s1. The molecule has 0 radical (unpaired) electrons. The van der Waals surface area contributed by atoms with Crippen molar-refractivity contribution >= 4 is 40.0 Å². The van der Waals surface area contributed by atoms with Crippen molar-refractivity contribution in [1.82, 2.24) is 5.32 Å². The normalized spacial score (nSPS) is 11.9. The van der Waals surface area contributed by atoms with Crippen LogP contribution in [0.2, 0.25) is 5.02 Å². The number of amides is 1. The first kappa shape index (κ1) is 20.6. The molecule has 0 aliphatic rings. The van der Waals surface area contributed by atoms with E-state index in [0.29, 0.717) is 13.0 Å². The van der Waals surface area contributed by atoms with Crippen LogP contribution in [0.25, 0.3) is 10.8 Å². The number of carbonyl (C=O) groups excluding carboxylic acids is 1. The quantitative estimate of drug-likeness (QED) is 0.457. The van der Waals surface area contributed by atoms with Crippen molar-refractivity contribution in [3.05, 3.63) is 77.3 Å². The molecule has 3 aromatic rings. The van der Waals surface area contributed by atoms with Gasteiger partial charge in [-0.25, -0.2) is 0 Å². The first-order valence-electron chi connectivity index (χ1n) is 9.41. The van der Waals surface area contributed by atoms with E-state index >= 15 is 0 Å². The minimum Gasteiger partial charge on any atom is -0.480 e. The number of hydrogen-bond acceptors (Lipinski definition) is 3. The number of thioether (sulfide) groups is 1. The Hall–Kier alpha value is -2.17. The van der Waals surface area contributed by atoms with Gasteiger partial charge in [0.15, 0.2) is 6.10 Å². The number of nitrogens with one attached hydrogen (secondary N) is 1. The number of benzene rings is 3. The molecule has 0 saturated carbocycles. The van der Waals surface area contributed by atoms with E-state index in [1.165, 1.54) is 5.56 Å². The van der Waals surface area contributed by atoms with Gasteiger partial charge in [-0.1, -0.05) is 67.1 Å². The molecule has 0 spiro atoms. The highest BCUT2D eigenvalue weighted by atomic mass is 35.5. The fourth-order valence-electron chi connectivity index (χ4n) is 2.90. The molecular formula is C23H24ClNO2S. The summed E-state index contributed by atoms with van der Waals surface area (Å²) >= 11 is 7.68. The van der Waals surface area contributed by atoms with E-state index in [4.69, 9.17) is 16.3 Å². The van der Waals surface area contributed by atoms with Crippen molar-refractivity contribution in [2.75, 3.05) is 12.3 Å². The maximum Gasteiger partial charge on any atom is 0.261 e. The first-order chi connectivity index (χ1) is 13.7. The van der Waals surface area contributed by atoms with Crippen LogP contribution in [-0.4, -0.2) is 24.3 Å². The van der Waals surface area contributed by atoms with Gasteiger partial charge in [0.2, 0.25) is 0 Å². The van der Waals surface area contributed by atoms with E-state index in [2.05, 4.69) is 5.32 Å². The highest BCUT2D eigenvalue weighted by Gasteiger charge is 2.18. The lowest BCUT2D eigenvalue weighted by atomic mass is 10.1. The average molecular weight is 414 g/mol. The molecule has 1 atom stereocenters. The van der Waals surface area contributed by atoms with Gasteiger partial charge in [0.25, 0.3) is 5.91 Å². The van der Waals surface area contributed by atoms with Gasteiger partial charge in [0.1, 0.15) is 5.75 Å². The predicted molar refractivity (Wildman–Crippen MR) is 119 cm³/mol. The Kier molecular flexibility index (Phi) is 7.63. The number of halogens is 1. The van der Waals surface area contributed by atoms with Crippen molar-refractivity contribution in [1.29, 1.82) is 0 Å². The number of hydrogen-bond donors (Lipinski definition) is 1. The Balaban J connectivity index is 1.47. The molecule has 3 aromatic carbocycles. The Bertz CT molecular complexity index is 909. The van der Waals surface area contributed by atoms with E-state index in [-0.39, 0.29) is 5.91 Å². The summed E-state index contributed by atoms with van der Waals surface area (Å²) in [6.07, 6.45) is 0.125. The van der Waals surface area contributed by atoms with Crippen molar-refractivity contribution in [2.24, 2.45) is 0 Å². The zero-order valence-electron chi connectivity index (χ0n) is 15.9. The number of rotatable bonds is 9. The van der Waals surface area contributed by atoms with Gasteiger partial charge >= 0.3 is 0 Å². The van der Waals surface area contributed by atoms with E-state index in [1.54, 1.807) is 11.8 Å². The van der Waals surface area contributed by atoms with Gasteiger partial charge in [-0.2, -0.15) is 11.8 Å². The third-order valence-electron chi connectivity index (χ3n) is 4.41. The van der Waals surface area contributed by atoms with E-state index < -0.39 is 6.10 Å². The second-order valence-corrected chi connectivity index (χ2v) is 8.00. The molecule has 28 heavy (non-hydrogen) atoms. The summed E-state index contributed by atoms with van der Waals surface area (Å²) in [5.74, 6) is 2.43. The van der Waals surface area contributed by atoms with Crippen LogP contribution in [0.5, 0.6) is 5.75 Å². The monoisotopic (exact) mass is 413 g/mol. The average Bonchev–Trinajstić information content (AvgIpc) is 2.73. The van der Waals surface area contributed by atoms with Crippen molar-refractivity contribution in [2.45, 2.75) is 25.2 Å². The largest absolute Gasteiger partial charge is 0.480 e. The predicted octanol–water partition coefficient (Wildman–Crippen LogP) is 5.70. The summed E-state index contributed by atoms with van der Waals surface area (Å²) in [6.45, 7) is 2.58. The summed E-state index contributed by atoms with van der Waals surface area (Å²) in [7, 11) is 0. The van der Waals surface area contributed by atoms with Crippen molar-refractivity contribution < 1.29 is 9.53 Å². The highest BCUT2D eigenvalue weighted by Crippen LogP contribution is 2.26. The zero-order valence-corrected chi connectivity index (χ0v) is 17.4. The summed E-state index contributed by atoms with van der Waals surface area (Å²) in [6, 6.07) is 21.8. The topological polar surface area (TPSA) is 38.3 Å². The molecule has 0 fully saturated rings. The molecule has 3 rings (SSSR count). The minimum atomic E-state index is -0.493. The third-order valence-corrected chi connectivity index (χ3v) is 5.69. The highest BCUT2D eigenvalue weighted by molar-refractivity contribution is 7.98. The maximum atomic E-state index is 12.5. The lowest BCUT2D eigenvalue weighted by molar-refractivity contribution is -0.127. The molecule has 0 unspecified atom stereocenters. The minimum absolute atomic E-state index is 0.0671. The third kappa shape index (κ3) is 5.66. The second kappa shape index (κ2) is 10.4. The zero-order chi connectivity index (χ0) is 19.8. The van der Waals surface area contributed by atoms with Gasteiger partial charge in [-0.15, -0.1) is 0 Å². The van der Waals surface area contributed by atoms with Gasteiger partial charge in [-0.3, -0.25) is 4.79 Å². The van der Waals surface area contributed by atoms with Crippen LogP contribution in [0.4, 0.5) is 0 Å². The van der Waals surface area contributed by atoms with Crippen LogP contribution in [0.15, 0.2) is 66.7 Å². The molecule has 0 saturated heterocycles. The second-order valence-electron chi connectivity index (χ2n) is 6.46. The SMILES string of the molecule is CC[C@H](Oc1cccc2ccccc12)C(=O)NCCSCc1ccc(Cl)cc1. The summed E-state index contributed by atoms with van der Waals surface area (Å²) < 4.78 is 6.04. The van der Waals surface area contributed by atoms with Gasteiger partial charge < -0.3 is 10.1 Å². The van der Waals surface area contributed by atoms with Crippen LogP contribution in [-0.2, 0) is 10.5 Å². The Morgan fingerprint density at radius 2 is 1.82 bits per heavy atom. The van der Waals surface area contributed by atoms with Crippen molar-refractivity contribution in [3.8, 4) is 5.75 Å². The molecule has 0 aliphatic carbocycles. The summed E-state index contributed by atoms with van der Waals surface area (Å²) in [4.78, 5) is 12.5. The molecule has 0 aromatic heterocycles. The number of carbonyl (C=O) groups is 1. The molecule has 0 aliphatic heterocycles. The van der Waals surface area contributed by atoms with E-state index in [0.717, 1.165) is 33.1 Å². The van der Waals surface area contributed by atoms with Gasteiger partial charge in [0, 0.05) is 28.5 Å². The van der Waals surface area contributed by atoms with Gasteiger partial charge in [0.05, 0.1) is 0 Å². The molecule has 1 N–H and O–H groups in total.